The van der Waals surface area contributed by atoms with Crippen LogP contribution in [0.15, 0.2) is 72.3 Å². The number of allylic oxidation sites excluding steroid dienone is 1. The molecule has 0 aromatic heterocycles. The van der Waals surface area contributed by atoms with E-state index < -0.39 is 11.4 Å². The largest absolute Gasteiger partial charge is 0.485 e. The molecule has 1 amide bonds. The number of benzene rings is 1. The molecule has 1 saturated carbocycles. The zero-order valence-electron chi connectivity index (χ0n) is 14.4. The Morgan fingerprint density at radius 2 is 2.12 bits per heavy atom. The first-order valence-corrected chi connectivity index (χ1v) is 8.43. The summed E-state index contributed by atoms with van der Waals surface area (Å²) in [6.45, 7) is 4.01. The van der Waals surface area contributed by atoms with Crippen LogP contribution in [0.4, 0.5) is 0 Å². The van der Waals surface area contributed by atoms with E-state index in [1.54, 1.807) is 6.08 Å². The van der Waals surface area contributed by atoms with Crippen molar-refractivity contribution in [1.82, 2.24) is 10.3 Å². The number of nitrogens with two attached hydrogens (primary N) is 1. The summed E-state index contributed by atoms with van der Waals surface area (Å²) in [5.74, 6) is 7.48. The van der Waals surface area contributed by atoms with E-state index in [0.717, 1.165) is 29.8 Å². The summed E-state index contributed by atoms with van der Waals surface area (Å²) >= 11 is 0. The third-order valence-corrected chi connectivity index (χ3v) is 4.67. The van der Waals surface area contributed by atoms with Crippen LogP contribution in [-0.4, -0.2) is 22.4 Å². The predicted molar refractivity (Wildman–Crippen MR) is 97.6 cm³/mol. The molecule has 134 valence electrons. The Bertz CT molecular complexity index is 816. The summed E-state index contributed by atoms with van der Waals surface area (Å²) < 4.78 is 5.80. The van der Waals surface area contributed by atoms with Crippen LogP contribution in [0, 0.1) is 0 Å². The average Bonchev–Trinajstić information content (AvgIpc) is 2.63. The number of hydrazine groups is 1. The van der Waals surface area contributed by atoms with Crippen LogP contribution in [0.1, 0.15) is 24.8 Å². The number of ether oxygens (including phenoxy) is 1. The van der Waals surface area contributed by atoms with E-state index in [1.165, 1.54) is 12.3 Å². The average molecular weight is 351 g/mol. The molecule has 1 aromatic rings. The highest BCUT2D eigenvalue weighted by Gasteiger charge is 2.38. The fourth-order valence-electron chi connectivity index (χ4n) is 2.95. The minimum atomic E-state index is -0.429. The molecule has 1 heterocycles. The van der Waals surface area contributed by atoms with Gasteiger partial charge in [0.25, 0.3) is 5.91 Å². The zero-order chi connectivity index (χ0) is 18.6. The quantitative estimate of drug-likeness (QED) is 0.466. The maximum atomic E-state index is 12.9. The smallest absolute Gasteiger partial charge is 0.273 e. The molecule has 0 unspecified atom stereocenters. The van der Waals surface area contributed by atoms with Gasteiger partial charge in [0.1, 0.15) is 18.1 Å². The molecule has 1 aliphatic heterocycles. The summed E-state index contributed by atoms with van der Waals surface area (Å²) in [5.41, 5.74) is 0.704. The standard InChI is InChI=1S/C20H21N3O3/c1-2-20(10-6-11-20)22-19(25)17-18(16(13-24)9-12-23(17)21)26-14-15-7-4-3-5-8-15/h2-5,7-9,12H,1,6,10-11,14,21H2,(H,22,25). The highest BCUT2D eigenvalue weighted by Crippen LogP contribution is 2.33. The topological polar surface area (TPSA) is 84.7 Å². The van der Waals surface area contributed by atoms with Crippen molar-refractivity contribution in [2.45, 2.75) is 31.4 Å². The van der Waals surface area contributed by atoms with Gasteiger partial charge in [0.2, 0.25) is 0 Å². The summed E-state index contributed by atoms with van der Waals surface area (Å²) in [5, 5.41) is 4.12. The second-order valence-corrected chi connectivity index (χ2v) is 6.36. The Labute approximate surface area is 152 Å². The number of hydrogen-bond acceptors (Lipinski definition) is 5. The van der Waals surface area contributed by atoms with Gasteiger partial charge in [-0.15, -0.1) is 6.58 Å². The first-order chi connectivity index (χ1) is 12.6. The number of nitrogens with one attached hydrogen (secondary N) is 1. The van der Waals surface area contributed by atoms with Crippen molar-refractivity contribution < 1.29 is 14.3 Å². The SMILES string of the molecule is C=CC1(NC(=O)C2=C(OCc3ccccc3)C(=C=O)C=CN2N)CCC1. The minimum absolute atomic E-state index is 0.0786. The van der Waals surface area contributed by atoms with Crippen LogP contribution < -0.4 is 11.2 Å². The van der Waals surface area contributed by atoms with E-state index in [-0.39, 0.29) is 23.6 Å². The van der Waals surface area contributed by atoms with Crippen molar-refractivity contribution in [2.75, 3.05) is 0 Å². The van der Waals surface area contributed by atoms with Crippen molar-refractivity contribution in [3.05, 3.63) is 77.9 Å². The lowest BCUT2D eigenvalue weighted by molar-refractivity contribution is -0.121. The summed E-state index contributed by atoms with van der Waals surface area (Å²) in [7, 11) is 0. The van der Waals surface area contributed by atoms with E-state index in [2.05, 4.69) is 11.9 Å². The molecule has 1 aliphatic carbocycles. The number of rotatable bonds is 6. The summed E-state index contributed by atoms with van der Waals surface area (Å²) in [4.78, 5) is 24.2. The lowest BCUT2D eigenvalue weighted by Gasteiger charge is -2.40. The van der Waals surface area contributed by atoms with Crippen LogP contribution in [0.25, 0.3) is 0 Å². The number of nitrogens with zero attached hydrogens (tertiary/aromatic N) is 1. The molecular formula is C20H21N3O3. The van der Waals surface area contributed by atoms with Crippen LogP contribution in [0.5, 0.6) is 0 Å². The van der Waals surface area contributed by atoms with Crippen molar-refractivity contribution in [1.29, 1.82) is 0 Å². The number of carbonyl (C=O) groups is 1. The summed E-state index contributed by atoms with van der Waals surface area (Å²) in [6.07, 6.45) is 7.32. The Morgan fingerprint density at radius 3 is 2.69 bits per heavy atom. The van der Waals surface area contributed by atoms with Crippen molar-refractivity contribution >= 4 is 11.8 Å². The van der Waals surface area contributed by atoms with Gasteiger partial charge in [-0.25, -0.2) is 10.6 Å². The molecule has 6 nitrogen and oxygen atoms in total. The molecule has 0 atom stereocenters. The molecule has 1 aromatic carbocycles. The molecule has 3 rings (SSSR count). The molecule has 6 heteroatoms. The monoisotopic (exact) mass is 351 g/mol. The van der Waals surface area contributed by atoms with Crippen LogP contribution in [-0.2, 0) is 20.9 Å². The number of carbonyl (C=O) groups excluding carboxylic acids is 2. The predicted octanol–water partition coefficient (Wildman–Crippen LogP) is 2.10. The second kappa shape index (κ2) is 7.44. The van der Waals surface area contributed by atoms with Gasteiger partial charge in [-0.05, 0) is 30.9 Å². The van der Waals surface area contributed by atoms with Gasteiger partial charge in [-0.1, -0.05) is 36.4 Å². The Balaban J connectivity index is 1.89. The maximum Gasteiger partial charge on any atom is 0.273 e. The fourth-order valence-corrected chi connectivity index (χ4v) is 2.95. The first kappa shape index (κ1) is 17.7. The van der Waals surface area contributed by atoms with E-state index >= 15 is 0 Å². The van der Waals surface area contributed by atoms with Crippen LogP contribution in [0.2, 0.25) is 0 Å². The van der Waals surface area contributed by atoms with Gasteiger partial charge in [0.05, 0.1) is 5.54 Å². The van der Waals surface area contributed by atoms with Crippen molar-refractivity contribution in [2.24, 2.45) is 5.84 Å². The normalized spacial score (nSPS) is 18.0. The van der Waals surface area contributed by atoms with Gasteiger partial charge < -0.3 is 10.1 Å². The molecule has 0 saturated heterocycles. The van der Waals surface area contributed by atoms with E-state index in [1.807, 2.05) is 36.3 Å². The molecule has 0 spiro atoms. The second-order valence-electron chi connectivity index (χ2n) is 6.36. The van der Waals surface area contributed by atoms with Crippen LogP contribution >= 0.6 is 0 Å². The van der Waals surface area contributed by atoms with Crippen molar-refractivity contribution in [3.63, 3.8) is 0 Å². The van der Waals surface area contributed by atoms with Gasteiger partial charge in [-0.3, -0.25) is 9.80 Å². The highest BCUT2D eigenvalue weighted by atomic mass is 16.5. The minimum Gasteiger partial charge on any atom is -0.485 e. The van der Waals surface area contributed by atoms with Crippen LogP contribution in [0.3, 0.4) is 0 Å². The van der Waals surface area contributed by atoms with Gasteiger partial charge >= 0.3 is 0 Å². The summed E-state index contributed by atoms with van der Waals surface area (Å²) in [6, 6.07) is 9.46. The number of hydrogen-bond donors (Lipinski definition) is 2. The highest BCUT2D eigenvalue weighted by molar-refractivity contribution is 5.96. The molecule has 0 radical (unpaired) electrons. The van der Waals surface area contributed by atoms with Gasteiger partial charge in [0.15, 0.2) is 11.5 Å². The number of amides is 1. The third kappa shape index (κ3) is 3.47. The van der Waals surface area contributed by atoms with E-state index in [9.17, 15) is 9.59 Å². The first-order valence-electron chi connectivity index (χ1n) is 8.43. The lowest BCUT2D eigenvalue weighted by atomic mass is 9.77. The molecular weight excluding hydrogens is 330 g/mol. The Morgan fingerprint density at radius 1 is 1.38 bits per heavy atom. The molecule has 1 fully saturated rings. The fraction of sp³-hybridized carbons (Fsp3) is 0.250. The lowest BCUT2D eigenvalue weighted by Crippen LogP contribution is -2.54. The molecule has 2 aliphatic rings. The Kier molecular flexibility index (Phi) is 5.07. The molecule has 26 heavy (non-hydrogen) atoms. The third-order valence-electron chi connectivity index (χ3n) is 4.67. The van der Waals surface area contributed by atoms with Gasteiger partial charge in [-0.2, -0.15) is 0 Å². The van der Waals surface area contributed by atoms with E-state index in [0.29, 0.717) is 0 Å². The van der Waals surface area contributed by atoms with E-state index in [4.69, 9.17) is 10.6 Å². The molecule has 0 bridgehead atoms. The Hall–Kier alpha value is -3.08. The van der Waals surface area contributed by atoms with Gasteiger partial charge in [0, 0.05) is 6.20 Å². The van der Waals surface area contributed by atoms with Crippen molar-refractivity contribution in [3.8, 4) is 0 Å². The molecule has 3 N–H and O–H groups in total. The maximum absolute atomic E-state index is 12.9. The zero-order valence-corrected chi connectivity index (χ0v) is 14.4.